The van der Waals surface area contributed by atoms with E-state index >= 15 is 0 Å². The van der Waals surface area contributed by atoms with Crippen LogP contribution in [0, 0.1) is 0 Å². The van der Waals surface area contributed by atoms with E-state index < -0.39 is 14.6 Å². The van der Waals surface area contributed by atoms with E-state index in [0.29, 0.717) is 16.7 Å². The molecule has 0 radical (unpaired) electrons. The molecular formula is C11H18BrN3O3S. The van der Waals surface area contributed by atoms with Gasteiger partial charge in [0.25, 0.3) is 5.56 Å². The predicted octanol–water partition coefficient (Wildman–Crippen LogP) is 1.26. The molecule has 0 amide bonds. The summed E-state index contributed by atoms with van der Waals surface area (Å²) in [5.74, 6) is 0. The fourth-order valence-corrected chi connectivity index (χ4v) is 2.03. The van der Waals surface area contributed by atoms with Crippen molar-refractivity contribution < 1.29 is 8.42 Å². The number of aryl methyl sites for hydroxylation is 1. The Kier molecular flexibility index (Phi) is 4.78. The van der Waals surface area contributed by atoms with Crippen LogP contribution in [0.1, 0.15) is 20.8 Å². The summed E-state index contributed by atoms with van der Waals surface area (Å²) in [5.41, 5.74) is 0.246. The van der Waals surface area contributed by atoms with Gasteiger partial charge in [0.05, 0.1) is 16.6 Å². The minimum Gasteiger partial charge on any atom is -0.381 e. The largest absolute Gasteiger partial charge is 0.381 e. The molecule has 0 aliphatic carbocycles. The van der Waals surface area contributed by atoms with Crippen molar-refractivity contribution in [3.05, 3.63) is 21.0 Å². The van der Waals surface area contributed by atoms with E-state index in [-0.39, 0.29) is 12.1 Å². The SMILES string of the molecule is CCn1ncc(NCC(C)(C)S(C)(=O)=O)c(Br)c1=O. The monoisotopic (exact) mass is 351 g/mol. The molecule has 0 unspecified atom stereocenters. The second kappa shape index (κ2) is 5.62. The average Bonchev–Trinajstić information content (AvgIpc) is 2.29. The summed E-state index contributed by atoms with van der Waals surface area (Å²) in [7, 11) is -3.19. The van der Waals surface area contributed by atoms with Crippen LogP contribution >= 0.6 is 15.9 Å². The van der Waals surface area contributed by atoms with Crippen LogP contribution in [0.3, 0.4) is 0 Å². The Labute approximate surface area is 121 Å². The molecule has 19 heavy (non-hydrogen) atoms. The van der Waals surface area contributed by atoms with Crippen molar-refractivity contribution in [1.29, 1.82) is 0 Å². The van der Waals surface area contributed by atoms with E-state index in [1.807, 2.05) is 6.92 Å². The number of sulfone groups is 1. The van der Waals surface area contributed by atoms with E-state index in [1.54, 1.807) is 13.8 Å². The van der Waals surface area contributed by atoms with Crippen molar-refractivity contribution >= 4 is 31.5 Å². The molecule has 0 fully saturated rings. The third-order valence-corrected chi connectivity index (χ3v) is 5.91. The Morgan fingerprint density at radius 1 is 1.47 bits per heavy atom. The molecule has 8 heteroatoms. The maximum Gasteiger partial charge on any atom is 0.283 e. The molecular weight excluding hydrogens is 334 g/mol. The summed E-state index contributed by atoms with van der Waals surface area (Å²) in [4.78, 5) is 11.8. The first-order valence-corrected chi connectivity index (χ1v) is 8.47. The number of hydrogen-bond donors (Lipinski definition) is 1. The highest BCUT2D eigenvalue weighted by Crippen LogP contribution is 2.20. The van der Waals surface area contributed by atoms with Crippen molar-refractivity contribution in [2.24, 2.45) is 0 Å². The minimum atomic E-state index is -3.19. The van der Waals surface area contributed by atoms with Crippen LogP contribution in [0.15, 0.2) is 15.5 Å². The Morgan fingerprint density at radius 2 is 2.05 bits per heavy atom. The van der Waals surface area contributed by atoms with Gasteiger partial charge in [0.15, 0.2) is 9.84 Å². The molecule has 1 aromatic heterocycles. The molecule has 1 rings (SSSR count). The second-order valence-corrected chi connectivity index (χ2v) is 8.32. The van der Waals surface area contributed by atoms with Crippen molar-refractivity contribution in [2.75, 3.05) is 18.1 Å². The molecule has 108 valence electrons. The van der Waals surface area contributed by atoms with Gasteiger partial charge in [-0.3, -0.25) is 4.79 Å². The Bertz CT molecular complexity index is 623. The summed E-state index contributed by atoms with van der Waals surface area (Å²) in [6.45, 7) is 5.75. The number of anilines is 1. The summed E-state index contributed by atoms with van der Waals surface area (Å²) < 4.78 is 23.9. The van der Waals surface area contributed by atoms with Gasteiger partial charge in [-0.25, -0.2) is 13.1 Å². The van der Waals surface area contributed by atoms with Gasteiger partial charge in [0.2, 0.25) is 0 Å². The molecule has 6 nitrogen and oxygen atoms in total. The molecule has 0 aliphatic heterocycles. The first-order valence-electron chi connectivity index (χ1n) is 5.79. The Balaban J connectivity index is 2.98. The van der Waals surface area contributed by atoms with Crippen LogP contribution in [0.5, 0.6) is 0 Å². The first-order chi connectivity index (χ1) is 8.60. The minimum absolute atomic E-state index is 0.196. The first kappa shape index (κ1) is 16.2. The van der Waals surface area contributed by atoms with Crippen LogP contribution in [-0.4, -0.2) is 35.7 Å². The fourth-order valence-electron chi connectivity index (χ4n) is 1.25. The molecule has 0 saturated carbocycles. The molecule has 1 N–H and O–H groups in total. The highest BCUT2D eigenvalue weighted by Gasteiger charge is 2.30. The average molecular weight is 352 g/mol. The zero-order chi connectivity index (χ0) is 14.8. The summed E-state index contributed by atoms with van der Waals surface area (Å²) >= 11 is 3.20. The number of halogens is 1. The van der Waals surface area contributed by atoms with Crippen molar-refractivity contribution in [2.45, 2.75) is 32.1 Å². The van der Waals surface area contributed by atoms with E-state index in [2.05, 4.69) is 26.3 Å². The van der Waals surface area contributed by atoms with Gasteiger partial charge < -0.3 is 5.32 Å². The highest BCUT2D eigenvalue weighted by molar-refractivity contribution is 9.10. The van der Waals surface area contributed by atoms with Crippen molar-refractivity contribution in [3.8, 4) is 0 Å². The van der Waals surface area contributed by atoms with E-state index in [0.717, 1.165) is 0 Å². The van der Waals surface area contributed by atoms with Gasteiger partial charge in [-0.05, 0) is 36.7 Å². The smallest absolute Gasteiger partial charge is 0.283 e. The highest BCUT2D eigenvalue weighted by atomic mass is 79.9. The number of rotatable bonds is 5. The van der Waals surface area contributed by atoms with E-state index in [9.17, 15) is 13.2 Å². The van der Waals surface area contributed by atoms with Crippen LogP contribution in [0.25, 0.3) is 0 Å². The fraction of sp³-hybridized carbons (Fsp3) is 0.636. The molecule has 0 atom stereocenters. The zero-order valence-corrected chi connectivity index (χ0v) is 13.8. The lowest BCUT2D eigenvalue weighted by atomic mass is 10.2. The Morgan fingerprint density at radius 3 is 2.53 bits per heavy atom. The second-order valence-electron chi connectivity index (χ2n) is 4.88. The topological polar surface area (TPSA) is 81.1 Å². The predicted molar refractivity (Wildman–Crippen MR) is 79.3 cm³/mol. The van der Waals surface area contributed by atoms with Gasteiger partial charge >= 0.3 is 0 Å². The molecule has 0 spiro atoms. The maximum absolute atomic E-state index is 11.8. The van der Waals surface area contributed by atoms with E-state index in [4.69, 9.17) is 0 Å². The normalized spacial score (nSPS) is 12.5. The molecule has 1 heterocycles. The van der Waals surface area contributed by atoms with E-state index in [1.165, 1.54) is 17.1 Å². The Hall–Kier alpha value is -0.890. The number of hydrogen-bond acceptors (Lipinski definition) is 5. The van der Waals surface area contributed by atoms with Gasteiger partial charge in [-0.15, -0.1) is 0 Å². The van der Waals surface area contributed by atoms with Crippen LogP contribution < -0.4 is 10.9 Å². The molecule has 0 bridgehead atoms. The van der Waals surface area contributed by atoms with Gasteiger partial charge in [0, 0.05) is 19.3 Å². The zero-order valence-electron chi connectivity index (χ0n) is 11.4. The lowest BCUT2D eigenvalue weighted by Crippen LogP contribution is -2.38. The number of nitrogens with one attached hydrogen (secondary N) is 1. The summed E-state index contributed by atoms with van der Waals surface area (Å²) in [6, 6.07) is 0. The van der Waals surface area contributed by atoms with Crippen LogP contribution in [-0.2, 0) is 16.4 Å². The number of aromatic nitrogens is 2. The molecule has 0 aromatic carbocycles. The molecule has 1 aromatic rings. The lowest BCUT2D eigenvalue weighted by molar-refractivity contribution is 0.559. The van der Waals surface area contributed by atoms with Gasteiger partial charge in [0.1, 0.15) is 4.47 Å². The van der Waals surface area contributed by atoms with Crippen molar-refractivity contribution in [1.82, 2.24) is 9.78 Å². The quantitative estimate of drug-likeness (QED) is 0.863. The van der Waals surface area contributed by atoms with Crippen LogP contribution in [0.2, 0.25) is 0 Å². The number of nitrogens with zero attached hydrogens (tertiary/aromatic N) is 2. The standard InChI is InChI=1S/C11H18BrN3O3S/c1-5-15-10(16)9(12)8(6-14-15)13-7-11(2,3)19(4,17)18/h6,13H,5,7H2,1-4H3. The third-order valence-electron chi connectivity index (χ3n) is 2.99. The molecule has 0 saturated heterocycles. The van der Waals surface area contributed by atoms with Crippen LogP contribution in [0.4, 0.5) is 5.69 Å². The van der Waals surface area contributed by atoms with Gasteiger partial charge in [-0.1, -0.05) is 0 Å². The summed E-state index contributed by atoms with van der Waals surface area (Å²) in [6.07, 6.45) is 2.70. The summed E-state index contributed by atoms with van der Waals surface area (Å²) in [5, 5.41) is 6.93. The molecule has 0 aliphatic rings. The maximum atomic E-state index is 11.8. The van der Waals surface area contributed by atoms with Gasteiger partial charge in [-0.2, -0.15) is 5.10 Å². The third kappa shape index (κ3) is 3.56. The van der Waals surface area contributed by atoms with Crippen molar-refractivity contribution in [3.63, 3.8) is 0 Å². The lowest BCUT2D eigenvalue weighted by Gasteiger charge is -2.23.